The molecule has 0 aliphatic rings. The highest BCUT2D eigenvalue weighted by Crippen LogP contribution is 2.32. The Kier molecular flexibility index (Phi) is 3.40. The molecule has 0 bridgehead atoms. The van der Waals surface area contributed by atoms with Crippen LogP contribution >= 0.6 is 0 Å². The third kappa shape index (κ3) is 2.25. The molecule has 0 saturated carbocycles. The van der Waals surface area contributed by atoms with Crippen molar-refractivity contribution in [3.05, 3.63) is 11.7 Å². The number of hydrogen-bond acceptors (Lipinski definition) is 5. The molecular formula is C11H21N3O2. The summed E-state index contributed by atoms with van der Waals surface area (Å²) in [6.45, 7) is 9.73. The van der Waals surface area contributed by atoms with E-state index in [-0.39, 0.29) is 11.5 Å². The molecule has 0 saturated heterocycles. The van der Waals surface area contributed by atoms with Crippen molar-refractivity contribution in [1.29, 1.82) is 0 Å². The first-order chi connectivity index (χ1) is 7.20. The van der Waals surface area contributed by atoms with E-state index in [1.807, 2.05) is 34.6 Å². The third-order valence-corrected chi connectivity index (χ3v) is 3.30. The molecule has 16 heavy (non-hydrogen) atoms. The predicted molar refractivity (Wildman–Crippen MR) is 61.0 cm³/mol. The summed E-state index contributed by atoms with van der Waals surface area (Å²) in [7, 11) is 1.61. The van der Waals surface area contributed by atoms with Gasteiger partial charge in [0.25, 0.3) is 0 Å². The van der Waals surface area contributed by atoms with Gasteiger partial charge in [-0.15, -0.1) is 0 Å². The van der Waals surface area contributed by atoms with Gasteiger partial charge in [0.15, 0.2) is 5.82 Å². The summed E-state index contributed by atoms with van der Waals surface area (Å²) in [5, 5.41) is 3.90. The molecule has 1 heterocycles. The Bertz CT molecular complexity index is 352. The van der Waals surface area contributed by atoms with Crippen molar-refractivity contribution in [1.82, 2.24) is 10.1 Å². The van der Waals surface area contributed by atoms with E-state index in [0.29, 0.717) is 11.7 Å². The second kappa shape index (κ2) is 4.14. The van der Waals surface area contributed by atoms with Crippen molar-refractivity contribution in [2.24, 2.45) is 5.73 Å². The fourth-order valence-corrected chi connectivity index (χ4v) is 1.03. The van der Waals surface area contributed by atoms with Crippen LogP contribution in [0.3, 0.4) is 0 Å². The lowest BCUT2D eigenvalue weighted by Gasteiger charge is -2.34. The van der Waals surface area contributed by atoms with Gasteiger partial charge in [-0.25, -0.2) is 0 Å². The van der Waals surface area contributed by atoms with E-state index in [1.165, 1.54) is 0 Å². The monoisotopic (exact) mass is 227 g/mol. The Labute approximate surface area is 96.4 Å². The van der Waals surface area contributed by atoms with Crippen molar-refractivity contribution in [3.63, 3.8) is 0 Å². The van der Waals surface area contributed by atoms with Crippen molar-refractivity contribution >= 4 is 0 Å². The highest BCUT2D eigenvalue weighted by molar-refractivity contribution is 5.11. The standard InChI is InChI=1S/C11H21N3O2/c1-7(15-6)8-13-9(16-14-8)10(2,3)11(4,5)12/h7H,12H2,1-6H3. The first kappa shape index (κ1) is 13.1. The highest BCUT2D eigenvalue weighted by atomic mass is 16.5. The zero-order valence-electron chi connectivity index (χ0n) is 10.9. The fourth-order valence-electron chi connectivity index (χ4n) is 1.03. The average Bonchev–Trinajstić information content (AvgIpc) is 2.64. The van der Waals surface area contributed by atoms with Gasteiger partial charge in [-0.05, 0) is 34.6 Å². The van der Waals surface area contributed by atoms with E-state index in [2.05, 4.69) is 10.1 Å². The van der Waals surface area contributed by atoms with Gasteiger partial charge >= 0.3 is 0 Å². The Balaban J connectivity index is 3.02. The Hall–Kier alpha value is -0.940. The minimum absolute atomic E-state index is 0.172. The first-order valence-electron chi connectivity index (χ1n) is 5.36. The average molecular weight is 227 g/mol. The lowest BCUT2D eigenvalue weighted by molar-refractivity contribution is 0.109. The zero-order chi connectivity index (χ0) is 12.6. The van der Waals surface area contributed by atoms with Gasteiger partial charge in [0.05, 0.1) is 5.41 Å². The maximum atomic E-state index is 6.10. The van der Waals surface area contributed by atoms with Crippen molar-refractivity contribution < 1.29 is 9.26 Å². The van der Waals surface area contributed by atoms with Crippen molar-refractivity contribution in [3.8, 4) is 0 Å². The largest absolute Gasteiger partial charge is 0.374 e. The smallest absolute Gasteiger partial charge is 0.234 e. The van der Waals surface area contributed by atoms with Crippen LogP contribution < -0.4 is 5.73 Å². The molecule has 2 N–H and O–H groups in total. The molecule has 1 rings (SSSR count). The number of ether oxygens (including phenoxy) is 1. The van der Waals surface area contributed by atoms with Crippen LogP contribution in [-0.4, -0.2) is 22.8 Å². The summed E-state index contributed by atoms with van der Waals surface area (Å²) in [6, 6.07) is 0. The van der Waals surface area contributed by atoms with Gasteiger partial charge < -0.3 is 15.0 Å². The van der Waals surface area contributed by atoms with Gasteiger partial charge in [-0.1, -0.05) is 5.16 Å². The van der Waals surface area contributed by atoms with Crippen LogP contribution in [0.4, 0.5) is 0 Å². The van der Waals surface area contributed by atoms with Gasteiger partial charge in [0.1, 0.15) is 6.10 Å². The summed E-state index contributed by atoms with van der Waals surface area (Å²) in [5.41, 5.74) is 5.28. The third-order valence-electron chi connectivity index (χ3n) is 3.30. The van der Waals surface area contributed by atoms with Crippen LogP contribution in [0.25, 0.3) is 0 Å². The summed E-state index contributed by atoms with van der Waals surface area (Å²) in [5.74, 6) is 1.09. The molecule has 5 nitrogen and oxygen atoms in total. The lowest BCUT2D eigenvalue weighted by Crippen LogP contribution is -2.50. The van der Waals surface area contributed by atoms with E-state index < -0.39 is 5.54 Å². The highest BCUT2D eigenvalue weighted by Gasteiger charge is 2.40. The second-order valence-electron chi connectivity index (χ2n) is 5.18. The van der Waals surface area contributed by atoms with E-state index in [0.717, 1.165) is 0 Å². The Morgan fingerprint density at radius 3 is 2.31 bits per heavy atom. The summed E-state index contributed by atoms with van der Waals surface area (Å²) >= 11 is 0. The van der Waals surface area contributed by atoms with Crippen molar-refractivity contribution in [2.45, 2.75) is 51.7 Å². The quantitative estimate of drug-likeness (QED) is 0.848. The molecule has 1 atom stereocenters. The van der Waals surface area contributed by atoms with Crippen LogP contribution in [0.2, 0.25) is 0 Å². The first-order valence-corrected chi connectivity index (χ1v) is 5.36. The normalized spacial score (nSPS) is 15.2. The van der Waals surface area contributed by atoms with Crippen molar-refractivity contribution in [2.75, 3.05) is 7.11 Å². The van der Waals surface area contributed by atoms with Crippen LogP contribution in [0.1, 0.15) is 52.4 Å². The van der Waals surface area contributed by atoms with Gasteiger partial charge in [0, 0.05) is 12.6 Å². The maximum absolute atomic E-state index is 6.10. The van der Waals surface area contributed by atoms with Crippen LogP contribution in [-0.2, 0) is 10.2 Å². The molecule has 0 fully saturated rings. The molecule has 0 radical (unpaired) electrons. The molecule has 0 aliphatic heterocycles. The number of aromatic nitrogens is 2. The fraction of sp³-hybridized carbons (Fsp3) is 0.818. The van der Waals surface area contributed by atoms with Gasteiger partial charge in [0.2, 0.25) is 5.89 Å². The number of methoxy groups -OCH3 is 1. The number of nitrogens with two attached hydrogens (primary N) is 1. The Morgan fingerprint density at radius 2 is 1.88 bits per heavy atom. The van der Waals surface area contributed by atoms with E-state index in [4.69, 9.17) is 15.0 Å². The molecule has 92 valence electrons. The number of nitrogens with zero attached hydrogens (tertiary/aromatic N) is 2. The second-order valence-corrected chi connectivity index (χ2v) is 5.18. The van der Waals surface area contributed by atoms with Crippen LogP contribution in [0.15, 0.2) is 4.52 Å². The SMILES string of the molecule is COC(C)c1noc(C(C)(C)C(C)(C)N)n1. The van der Waals surface area contributed by atoms with Crippen LogP contribution in [0, 0.1) is 0 Å². The molecule has 0 spiro atoms. The minimum atomic E-state index is -0.437. The number of hydrogen-bond donors (Lipinski definition) is 1. The topological polar surface area (TPSA) is 74.2 Å². The summed E-state index contributed by atoms with van der Waals surface area (Å²) < 4.78 is 10.4. The molecule has 0 aliphatic carbocycles. The summed E-state index contributed by atoms with van der Waals surface area (Å²) in [4.78, 5) is 4.34. The van der Waals surface area contributed by atoms with Crippen LogP contribution in [0.5, 0.6) is 0 Å². The van der Waals surface area contributed by atoms with Gasteiger partial charge in [-0.3, -0.25) is 0 Å². The molecule has 0 aromatic carbocycles. The summed E-state index contributed by atoms with van der Waals surface area (Å²) in [6.07, 6.45) is -0.172. The molecule has 1 aromatic rings. The van der Waals surface area contributed by atoms with E-state index in [9.17, 15) is 0 Å². The predicted octanol–water partition coefficient (Wildman–Crippen LogP) is 1.79. The maximum Gasteiger partial charge on any atom is 0.234 e. The minimum Gasteiger partial charge on any atom is -0.374 e. The molecule has 5 heteroatoms. The van der Waals surface area contributed by atoms with E-state index >= 15 is 0 Å². The molecule has 1 unspecified atom stereocenters. The van der Waals surface area contributed by atoms with E-state index in [1.54, 1.807) is 7.11 Å². The molecule has 1 aromatic heterocycles. The number of rotatable bonds is 4. The lowest BCUT2D eigenvalue weighted by atomic mass is 9.75. The molecule has 0 amide bonds. The Morgan fingerprint density at radius 1 is 1.31 bits per heavy atom. The zero-order valence-corrected chi connectivity index (χ0v) is 10.9. The van der Waals surface area contributed by atoms with Gasteiger partial charge in [-0.2, -0.15) is 4.98 Å². The molecular weight excluding hydrogens is 206 g/mol.